The van der Waals surface area contributed by atoms with E-state index < -0.39 is 11.9 Å². The number of nitrogens with zero attached hydrogens (tertiary/aromatic N) is 3. The molecular weight excluding hydrogens is 516 g/mol. The number of aromatic nitrogens is 1. The minimum atomic E-state index is -0.998. The minimum Gasteiger partial charge on any atom is -0.508 e. The maximum Gasteiger partial charge on any atom is 0.295 e. The number of aromatic hydroxyl groups is 1. The van der Waals surface area contributed by atoms with E-state index in [0.29, 0.717) is 17.8 Å². The second kappa shape index (κ2) is 12.1. The molecule has 212 valence electrons. The number of amides is 2. The molecule has 4 aromatic rings. The highest BCUT2D eigenvalue weighted by Gasteiger charge is 2.36. The number of anilines is 1. The fourth-order valence-electron chi connectivity index (χ4n) is 6.03. The summed E-state index contributed by atoms with van der Waals surface area (Å²) in [7, 11) is 0. The standard InChI is InChI=1S/C33H36N4O4/c38-27-14-12-23(13-15-27)31(32(39)35-25-9-3-4-10-25)37(26-20-24-8-2-5-11-29(24)34-21-26)33(40)30-17-16-28(41-30)22-36-18-6-1-7-19-36/h2,5,8,11-17,20-21,25,31,38H,1,3-4,6-7,9-10,18-19,22H2,(H,35,39). The first-order chi connectivity index (χ1) is 20.0. The van der Waals surface area contributed by atoms with Crippen molar-refractivity contribution >= 4 is 28.4 Å². The summed E-state index contributed by atoms with van der Waals surface area (Å²) in [4.78, 5) is 36.9. The predicted molar refractivity (Wildman–Crippen MR) is 158 cm³/mol. The van der Waals surface area contributed by atoms with Crippen molar-refractivity contribution in [1.29, 1.82) is 0 Å². The van der Waals surface area contributed by atoms with Crippen molar-refractivity contribution in [1.82, 2.24) is 15.2 Å². The summed E-state index contributed by atoms with van der Waals surface area (Å²) < 4.78 is 6.13. The van der Waals surface area contributed by atoms with Gasteiger partial charge in [0, 0.05) is 11.4 Å². The van der Waals surface area contributed by atoms with Gasteiger partial charge in [0.15, 0.2) is 5.76 Å². The van der Waals surface area contributed by atoms with Crippen molar-refractivity contribution in [2.24, 2.45) is 0 Å². The van der Waals surface area contributed by atoms with Gasteiger partial charge in [0.05, 0.1) is 23.9 Å². The first-order valence-electron chi connectivity index (χ1n) is 14.6. The van der Waals surface area contributed by atoms with E-state index in [9.17, 15) is 14.7 Å². The number of pyridine rings is 1. The average Bonchev–Trinajstić information content (AvgIpc) is 3.69. The number of likely N-dealkylation sites (tertiary alicyclic amines) is 1. The van der Waals surface area contributed by atoms with E-state index in [1.165, 1.54) is 36.3 Å². The maximum atomic E-state index is 14.4. The Bertz CT molecular complexity index is 1500. The Balaban J connectivity index is 1.40. The second-order valence-electron chi connectivity index (χ2n) is 11.1. The lowest BCUT2D eigenvalue weighted by atomic mass is 10.0. The van der Waals surface area contributed by atoms with Gasteiger partial charge in [-0.1, -0.05) is 49.6 Å². The molecule has 8 heteroatoms. The third-order valence-electron chi connectivity index (χ3n) is 8.19. The van der Waals surface area contributed by atoms with Crippen molar-refractivity contribution in [3.63, 3.8) is 0 Å². The van der Waals surface area contributed by atoms with Crippen LogP contribution in [0.3, 0.4) is 0 Å². The van der Waals surface area contributed by atoms with E-state index in [1.54, 1.807) is 24.4 Å². The number of benzene rings is 2. The molecule has 1 atom stereocenters. The maximum absolute atomic E-state index is 14.4. The molecule has 2 aromatic heterocycles. The van der Waals surface area contributed by atoms with Crippen LogP contribution in [0.15, 0.2) is 77.3 Å². The summed E-state index contributed by atoms with van der Waals surface area (Å²) in [6.45, 7) is 2.68. The van der Waals surface area contributed by atoms with E-state index in [1.807, 2.05) is 36.4 Å². The van der Waals surface area contributed by atoms with Gasteiger partial charge in [0.2, 0.25) is 5.91 Å². The van der Waals surface area contributed by atoms with Crippen LogP contribution in [0.1, 0.15) is 72.9 Å². The number of hydrogen-bond donors (Lipinski definition) is 2. The molecule has 0 bridgehead atoms. The SMILES string of the molecule is O=C(NC1CCCC1)C(c1ccc(O)cc1)N(C(=O)c1ccc(CN2CCCCC2)o1)c1cnc2ccccc2c1. The summed E-state index contributed by atoms with van der Waals surface area (Å²) in [5.74, 6) is 0.282. The van der Waals surface area contributed by atoms with Gasteiger partial charge in [-0.15, -0.1) is 0 Å². The molecular formula is C33H36N4O4. The fraction of sp³-hybridized carbons (Fsp3) is 0.364. The summed E-state index contributed by atoms with van der Waals surface area (Å²) in [5, 5.41) is 14.0. The van der Waals surface area contributed by atoms with Crippen LogP contribution in [0, 0.1) is 0 Å². The highest BCUT2D eigenvalue weighted by atomic mass is 16.4. The number of nitrogens with one attached hydrogen (secondary N) is 1. The predicted octanol–water partition coefficient (Wildman–Crippen LogP) is 5.97. The zero-order valence-electron chi connectivity index (χ0n) is 23.2. The van der Waals surface area contributed by atoms with Crippen molar-refractivity contribution in [3.8, 4) is 5.75 Å². The molecule has 2 aliphatic rings. The molecule has 1 aliphatic carbocycles. The number of carbonyl (C=O) groups excluding carboxylic acids is 2. The van der Waals surface area contributed by atoms with Crippen molar-refractivity contribution in [2.75, 3.05) is 18.0 Å². The quantitative estimate of drug-likeness (QED) is 0.280. The third kappa shape index (κ3) is 6.12. The number of fused-ring (bicyclic) bond motifs is 1. The first-order valence-corrected chi connectivity index (χ1v) is 14.6. The van der Waals surface area contributed by atoms with Crippen LogP contribution in [0.25, 0.3) is 10.9 Å². The molecule has 0 radical (unpaired) electrons. The number of phenols is 1. The van der Waals surface area contributed by atoms with Gasteiger partial charge in [-0.25, -0.2) is 0 Å². The molecule has 6 rings (SSSR count). The Morgan fingerprint density at radius 1 is 0.976 bits per heavy atom. The van der Waals surface area contributed by atoms with Crippen LogP contribution in [-0.4, -0.2) is 45.9 Å². The van der Waals surface area contributed by atoms with Gasteiger partial charge in [-0.05, 0) is 80.7 Å². The summed E-state index contributed by atoms with van der Waals surface area (Å²) >= 11 is 0. The lowest BCUT2D eigenvalue weighted by Crippen LogP contribution is -2.46. The number of furan rings is 1. The Labute approximate surface area is 240 Å². The van der Waals surface area contributed by atoms with Crippen molar-refractivity contribution in [2.45, 2.75) is 63.6 Å². The normalized spacial score (nSPS) is 17.0. The summed E-state index contributed by atoms with van der Waals surface area (Å²) in [6.07, 6.45) is 9.17. The molecule has 3 heterocycles. The fourth-order valence-corrected chi connectivity index (χ4v) is 6.03. The number of para-hydroxylation sites is 1. The molecule has 41 heavy (non-hydrogen) atoms. The van der Waals surface area contributed by atoms with E-state index in [0.717, 1.165) is 55.4 Å². The van der Waals surface area contributed by atoms with Gasteiger partial charge in [0.1, 0.15) is 17.6 Å². The second-order valence-corrected chi connectivity index (χ2v) is 11.1. The lowest BCUT2D eigenvalue weighted by Gasteiger charge is -2.31. The number of piperidine rings is 1. The third-order valence-corrected chi connectivity index (χ3v) is 8.19. The summed E-state index contributed by atoms with van der Waals surface area (Å²) in [5.41, 5.74) is 1.87. The monoisotopic (exact) mass is 552 g/mol. The Morgan fingerprint density at radius 3 is 2.51 bits per heavy atom. The number of carbonyl (C=O) groups is 2. The Hall–Kier alpha value is -4.17. The molecule has 2 amide bonds. The number of hydrogen-bond acceptors (Lipinski definition) is 6. The smallest absolute Gasteiger partial charge is 0.295 e. The van der Waals surface area contributed by atoms with E-state index in [4.69, 9.17) is 4.42 Å². The van der Waals surface area contributed by atoms with Crippen LogP contribution >= 0.6 is 0 Å². The van der Waals surface area contributed by atoms with Gasteiger partial charge in [0.25, 0.3) is 5.91 Å². The topological polar surface area (TPSA) is 98.9 Å². The van der Waals surface area contributed by atoms with Gasteiger partial charge < -0.3 is 14.8 Å². The summed E-state index contributed by atoms with van der Waals surface area (Å²) in [6, 6.07) is 18.6. The zero-order valence-corrected chi connectivity index (χ0v) is 23.2. The molecule has 0 spiro atoms. The lowest BCUT2D eigenvalue weighted by molar-refractivity contribution is -0.123. The van der Waals surface area contributed by atoms with Crippen LogP contribution < -0.4 is 10.2 Å². The number of rotatable bonds is 8. The average molecular weight is 553 g/mol. The first kappa shape index (κ1) is 27.0. The number of phenolic OH excluding ortho intramolecular Hbond substituents is 1. The molecule has 2 aromatic carbocycles. The zero-order chi connectivity index (χ0) is 28.2. The molecule has 1 saturated carbocycles. The van der Waals surface area contributed by atoms with Crippen LogP contribution in [0.4, 0.5) is 5.69 Å². The largest absolute Gasteiger partial charge is 0.508 e. The highest BCUT2D eigenvalue weighted by Crippen LogP contribution is 2.33. The van der Waals surface area contributed by atoms with E-state index in [-0.39, 0.29) is 23.5 Å². The van der Waals surface area contributed by atoms with E-state index >= 15 is 0 Å². The van der Waals surface area contributed by atoms with Crippen molar-refractivity contribution in [3.05, 3.63) is 90.0 Å². The van der Waals surface area contributed by atoms with E-state index in [2.05, 4.69) is 15.2 Å². The van der Waals surface area contributed by atoms with Crippen molar-refractivity contribution < 1.29 is 19.1 Å². The van der Waals surface area contributed by atoms with Gasteiger partial charge >= 0.3 is 0 Å². The minimum absolute atomic E-state index is 0.0635. The van der Waals surface area contributed by atoms with Gasteiger partial charge in [-0.3, -0.25) is 24.4 Å². The van der Waals surface area contributed by atoms with Crippen LogP contribution in [0.2, 0.25) is 0 Å². The molecule has 8 nitrogen and oxygen atoms in total. The Morgan fingerprint density at radius 2 is 1.73 bits per heavy atom. The molecule has 2 N–H and O–H groups in total. The van der Waals surface area contributed by atoms with Gasteiger partial charge in [-0.2, -0.15) is 0 Å². The molecule has 1 unspecified atom stereocenters. The molecule has 1 saturated heterocycles. The van der Waals surface area contributed by atoms with Crippen LogP contribution in [-0.2, 0) is 11.3 Å². The van der Waals surface area contributed by atoms with Crippen LogP contribution in [0.5, 0.6) is 5.75 Å². The molecule has 1 aliphatic heterocycles. The molecule has 2 fully saturated rings. The Kier molecular flexibility index (Phi) is 8.00. The highest BCUT2D eigenvalue weighted by molar-refractivity contribution is 6.09.